The number of imide groups is 2. The van der Waals surface area contributed by atoms with Crippen molar-refractivity contribution in [2.45, 2.75) is 33.6 Å². The van der Waals surface area contributed by atoms with Gasteiger partial charge in [-0.15, -0.1) is 0 Å². The van der Waals surface area contributed by atoms with Crippen LogP contribution in [0.2, 0.25) is 0 Å². The monoisotopic (exact) mass is 319 g/mol. The van der Waals surface area contributed by atoms with E-state index in [0.29, 0.717) is 0 Å². The van der Waals surface area contributed by atoms with Crippen molar-refractivity contribution in [3.8, 4) is 0 Å². The van der Waals surface area contributed by atoms with Crippen molar-refractivity contribution in [3.05, 3.63) is 0 Å². The summed E-state index contributed by atoms with van der Waals surface area (Å²) in [6, 6.07) is -0.866. The fourth-order valence-electron chi connectivity index (χ4n) is 2.31. The van der Waals surface area contributed by atoms with E-state index in [1.165, 1.54) is 0 Å². The van der Waals surface area contributed by atoms with Crippen LogP contribution in [0.25, 0.3) is 0 Å². The SMILES string of the molecule is CCNS(=O)(=O)CCN1C(=O)NC(=O)C(CC)(CC)C1=O. The number of barbiturate groups is 1. The highest BCUT2D eigenvalue weighted by Gasteiger charge is 2.51. The molecule has 0 aliphatic carbocycles. The third-order valence-electron chi connectivity index (χ3n) is 3.71. The predicted molar refractivity (Wildman–Crippen MR) is 75.7 cm³/mol. The Hall–Kier alpha value is -1.48. The smallest absolute Gasteiger partial charge is 0.277 e. The molecule has 1 fully saturated rings. The van der Waals surface area contributed by atoms with Crippen molar-refractivity contribution in [3.63, 3.8) is 0 Å². The maximum Gasteiger partial charge on any atom is 0.330 e. The third-order valence-corrected chi connectivity index (χ3v) is 5.16. The van der Waals surface area contributed by atoms with Crippen LogP contribution in [0.1, 0.15) is 33.6 Å². The summed E-state index contributed by atoms with van der Waals surface area (Å²) in [5.74, 6) is -1.64. The lowest BCUT2D eigenvalue weighted by Gasteiger charge is -2.38. The summed E-state index contributed by atoms with van der Waals surface area (Å²) < 4.78 is 25.5. The Bertz CT molecular complexity index is 539. The van der Waals surface area contributed by atoms with Crippen LogP contribution in [0, 0.1) is 5.41 Å². The molecule has 9 heteroatoms. The van der Waals surface area contributed by atoms with Crippen molar-refractivity contribution >= 4 is 27.9 Å². The molecular weight excluding hydrogens is 298 g/mol. The second kappa shape index (κ2) is 6.52. The zero-order valence-corrected chi connectivity index (χ0v) is 13.2. The Morgan fingerprint density at radius 3 is 2.19 bits per heavy atom. The number of nitrogens with zero attached hydrogens (tertiary/aromatic N) is 1. The van der Waals surface area contributed by atoms with E-state index in [1.54, 1.807) is 20.8 Å². The van der Waals surface area contributed by atoms with Crippen LogP contribution in [-0.2, 0) is 19.6 Å². The molecule has 1 aliphatic heterocycles. The second-order valence-electron chi connectivity index (χ2n) is 4.82. The first-order valence-electron chi connectivity index (χ1n) is 6.88. The number of carbonyl (C=O) groups excluding carboxylic acids is 3. The van der Waals surface area contributed by atoms with Gasteiger partial charge in [-0.3, -0.25) is 19.8 Å². The quantitative estimate of drug-likeness (QED) is 0.632. The fraction of sp³-hybridized carbons (Fsp3) is 0.750. The average Bonchev–Trinajstić information content (AvgIpc) is 2.39. The van der Waals surface area contributed by atoms with E-state index in [1.807, 2.05) is 0 Å². The minimum absolute atomic E-state index is 0.231. The van der Waals surface area contributed by atoms with Crippen LogP contribution >= 0.6 is 0 Å². The second-order valence-corrected chi connectivity index (χ2v) is 6.75. The summed E-state index contributed by atoms with van der Waals surface area (Å²) in [5.41, 5.74) is -1.30. The maximum atomic E-state index is 12.4. The molecule has 0 aromatic carbocycles. The van der Waals surface area contributed by atoms with E-state index in [4.69, 9.17) is 0 Å². The molecule has 0 saturated carbocycles. The van der Waals surface area contributed by atoms with Gasteiger partial charge in [0.2, 0.25) is 21.8 Å². The zero-order valence-electron chi connectivity index (χ0n) is 12.4. The van der Waals surface area contributed by atoms with Gasteiger partial charge >= 0.3 is 6.03 Å². The zero-order chi connectivity index (χ0) is 16.3. The van der Waals surface area contributed by atoms with E-state index < -0.39 is 39.0 Å². The molecule has 0 aromatic heterocycles. The van der Waals surface area contributed by atoms with Gasteiger partial charge in [-0.05, 0) is 12.8 Å². The number of urea groups is 1. The van der Waals surface area contributed by atoms with E-state index in [0.717, 1.165) is 4.90 Å². The Morgan fingerprint density at radius 1 is 1.14 bits per heavy atom. The van der Waals surface area contributed by atoms with Crippen LogP contribution in [0.15, 0.2) is 0 Å². The van der Waals surface area contributed by atoms with E-state index in [-0.39, 0.29) is 25.9 Å². The molecule has 0 radical (unpaired) electrons. The van der Waals surface area contributed by atoms with Gasteiger partial charge < -0.3 is 0 Å². The molecule has 0 unspecified atom stereocenters. The van der Waals surface area contributed by atoms with Gasteiger partial charge in [-0.1, -0.05) is 20.8 Å². The first kappa shape index (κ1) is 17.6. The maximum absolute atomic E-state index is 12.4. The molecule has 1 saturated heterocycles. The van der Waals surface area contributed by atoms with Crippen molar-refractivity contribution in [2.24, 2.45) is 5.41 Å². The lowest BCUT2D eigenvalue weighted by atomic mass is 9.78. The van der Waals surface area contributed by atoms with Crippen LogP contribution < -0.4 is 10.0 Å². The van der Waals surface area contributed by atoms with Crippen LogP contribution in [0.5, 0.6) is 0 Å². The molecule has 120 valence electrons. The normalized spacial score (nSPS) is 18.8. The molecule has 0 atom stereocenters. The molecule has 1 heterocycles. The van der Waals surface area contributed by atoms with E-state index >= 15 is 0 Å². The van der Waals surface area contributed by atoms with Gasteiger partial charge in [0, 0.05) is 13.1 Å². The van der Waals surface area contributed by atoms with E-state index in [9.17, 15) is 22.8 Å². The van der Waals surface area contributed by atoms with Gasteiger partial charge in [0.15, 0.2) is 0 Å². The lowest BCUT2D eigenvalue weighted by Crippen LogP contribution is -2.64. The van der Waals surface area contributed by atoms with Gasteiger partial charge in [-0.2, -0.15) is 0 Å². The molecule has 0 aromatic rings. The van der Waals surface area contributed by atoms with Crippen LogP contribution in [0.3, 0.4) is 0 Å². The summed E-state index contributed by atoms with van der Waals surface area (Å²) in [7, 11) is -3.55. The number of hydrogen-bond donors (Lipinski definition) is 2. The highest BCUT2D eigenvalue weighted by molar-refractivity contribution is 7.89. The number of amides is 4. The number of carbonyl (C=O) groups is 3. The standard InChI is InChI=1S/C12H21N3O5S/c1-4-12(5-2)9(16)14-11(18)15(10(12)17)7-8-21(19,20)13-6-3/h13H,4-8H2,1-3H3,(H,14,16,18). The number of hydrogen-bond acceptors (Lipinski definition) is 5. The molecular formula is C12H21N3O5S. The first-order chi connectivity index (χ1) is 9.74. The summed E-state index contributed by atoms with van der Waals surface area (Å²) in [5, 5.41) is 2.13. The number of nitrogens with one attached hydrogen (secondary N) is 2. The third kappa shape index (κ3) is 3.41. The van der Waals surface area contributed by atoms with Gasteiger partial charge in [-0.25, -0.2) is 17.9 Å². The molecule has 4 amide bonds. The molecule has 1 aliphatic rings. The lowest BCUT2D eigenvalue weighted by molar-refractivity contribution is -0.151. The molecule has 8 nitrogen and oxygen atoms in total. The van der Waals surface area contributed by atoms with Crippen LogP contribution in [0.4, 0.5) is 4.79 Å². The fourth-order valence-corrected chi connectivity index (χ4v) is 3.32. The number of rotatable bonds is 7. The summed E-state index contributed by atoms with van der Waals surface area (Å²) in [6.07, 6.45) is 0.496. The average molecular weight is 319 g/mol. The van der Waals surface area contributed by atoms with Crippen molar-refractivity contribution in [1.29, 1.82) is 0 Å². The predicted octanol–water partition coefficient (Wildman–Crippen LogP) is -0.190. The molecule has 0 spiro atoms. The molecule has 21 heavy (non-hydrogen) atoms. The van der Waals surface area contributed by atoms with Gasteiger partial charge in [0.05, 0.1) is 5.75 Å². The van der Waals surface area contributed by atoms with Crippen molar-refractivity contribution < 1.29 is 22.8 Å². The Labute approximate surface area is 124 Å². The highest BCUT2D eigenvalue weighted by atomic mass is 32.2. The van der Waals surface area contributed by atoms with Gasteiger partial charge in [0.25, 0.3) is 0 Å². The molecule has 0 bridgehead atoms. The minimum atomic E-state index is -3.55. The highest BCUT2D eigenvalue weighted by Crippen LogP contribution is 2.32. The number of sulfonamides is 1. The summed E-state index contributed by atoms with van der Waals surface area (Å²) in [4.78, 5) is 36.9. The van der Waals surface area contributed by atoms with Crippen LogP contribution in [-0.4, -0.2) is 50.0 Å². The Kier molecular flexibility index (Phi) is 5.46. The largest absolute Gasteiger partial charge is 0.330 e. The van der Waals surface area contributed by atoms with Crippen molar-refractivity contribution in [2.75, 3.05) is 18.8 Å². The Morgan fingerprint density at radius 2 is 1.71 bits per heavy atom. The molecule has 1 rings (SSSR count). The minimum Gasteiger partial charge on any atom is -0.277 e. The Balaban J connectivity index is 2.94. The van der Waals surface area contributed by atoms with Crippen molar-refractivity contribution in [1.82, 2.24) is 14.9 Å². The first-order valence-corrected chi connectivity index (χ1v) is 8.54. The topological polar surface area (TPSA) is 113 Å². The summed E-state index contributed by atoms with van der Waals surface area (Å²) in [6.45, 7) is 4.95. The van der Waals surface area contributed by atoms with Gasteiger partial charge in [0.1, 0.15) is 5.41 Å². The van der Waals surface area contributed by atoms with E-state index in [2.05, 4.69) is 10.0 Å². The summed E-state index contributed by atoms with van der Waals surface area (Å²) >= 11 is 0. The molecule has 2 N–H and O–H groups in total.